The number of aliphatic hydroxyl groups is 1. The third kappa shape index (κ3) is 1.36. The lowest BCUT2D eigenvalue weighted by atomic mass is 9.92. The molecule has 1 N–H and O–H groups in total. The van der Waals surface area contributed by atoms with Crippen molar-refractivity contribution in [3.8, 4) is 0 Å². The van der Waals surface area contributed by atoms with Crippen molar-refractivity contribution in [2.75, 3.05) is 0 Å². The molecule has 1 aromatic rings. The van der Waals surface area contributed by atoms with Crippen molar-refractivity contribution in [3.63, 3.8) is 0 Å². The van der Waals surface area contributed by atoms with Gasteiger partial charge in [-0.05, 0) is 42.6 Å². The van der Waals surface area contributed by atoms with Gasteiger partial charge in [0.2, 0.25) is 0 Å². The Labute approximate surface area is 84.8 Å². The minimum absolute atomic E-state index is 0.219. The van der Waals surface area contributed by atoms with Crippen LogP contribution in [0.25, 0.3) is 0 Å². The molecule has 3 unspecified atom stereocenters. The van der Waals surface area contributed by atoms with E-state index in [-0.39, 0.29) is 6.10 Å². The highest BCUT2D eigenvalue weighted by Gasteiger charge is 2.47. The minimum atomic E-state index is -0.219. The lowest BCUT2D eigenvalue weighted by Crippen LogP contribution is -2.10. The van der Waals surface area contributed by atoms with Crippen molar-refractivity contribution in [2.45, 2.75) is 25.4 Å². The van der Waals surface area contributed by atoms with Crippen LogP contribution < -0.4 is 0 Å². The van der Waals surface area contributed by atoms with Crippen molar-refractivity contribution >= 4 is 0 Å². The first-order valence-corrected chi connectivity index (χ1v) is 5.57. The van der Waals surface area contributed by atoms with Crippen LogP contribution in [0, 0.1) is 17.8 Å². The fraction of sp³-hybridized carbons (Fsp3) is 0.538. The minimum Gasteiger partial charge on any atom is -0.388 e. The predicted octanol–water partition coefficient (Wildman–Crippen LogP) is 2.77. The summed E-state index contributed by atoms with van der Waals surface area (Å²) in [7, 11) is 0. The second-order valence-corrected chi connectivity index (χ2v) is 4.84. The Hall–Kier alpha value is -0.820. The molecule has 1 heteroatoms. The van der Waals surface area contributed by atoms with Gasteiger partial charge < -0.3 is 5.11 Å². The van der Waals surface area contributed by atoms with E-state index < -0.39 is 0 Å². The molecule has 2 fully saturated rings. The highest BCUT2D eigenvalue weighted by atomic mass is 16.3. The lowest BCUT2D eigenvalue weighted by Gasteiger charge is -2.19. The molecular formula is C13H16O. The van der Waals surface area contributed by atoms with Crippen LogP contribution in [0.5, 0.6) is 0 Å². The van der Waals surface area contributed by atoms with Crippen LogP contribution in [-0.2, 0) is 0 Å². The van der Waals surface area contributed by atoms with Gasteiger partial charge in [-0.3, -0.25) is 0 Å². The number of aliphatic hydroxyl groups excluding tert-OH is 1. The Balaban J connectivity index is 1.73. The van der Waals surface area contributed by atoms with Crippen molar-refractivity contribution in [3.05, 3.63) is 35.9 Å². The van der Waals surface area contributed by atoms with Gasteiger partial charge in [-0.15, -0.1) is 0 Å². The third-order valence-corrected chi connectivity index (χ3v) is 3.87. The van der Waals surface area contributed by atoms with Gasteiger partial charge in [-0.2, -0.15) is 0 Å². The average molecular weight is 188 g/mol. The Bertz CT molecular complexity index is 309. The zero-order valence-corrected chi connectivity index (χ0v) is 8.26. The number of rotatable bonds is 2. The maximum atomic E-state index is 10.2. The molecule has 0 bridgehead atoms. The first-order valence-electron chi connectivity index (χ1n) is 5.57. The Morgan fingerprint density at radius 3 is 2.29 bits per heavy atom. The van der Waals surface area contributed by atoms with E-state index in [4.69, 9.17) is 0 Å². The summed E-state index contributed by atoms with van der Waals surface area (Å²) < 4.78 is 0. The summed E-state index contributed by atoms with van der Waals surface area (Å²) in [6.07, 6.45) is 3.71. The van der Waals surface area contributed by atoms with E-state index in [9.17, 15) is 5.11 Å². The molecule has 0 saturated heterocycles. The fourth-order valence-electron chi connectivity index (χ4n) is 2.94. The number of hydrogen-bond donors (Lipinski definition) is 1. The summed E-state index contributed by atoms with van der Waals surface area (Å²) in [6, 6.07) is 10.1. The summed E-state index contributed by atoms with van der Waals surface area (Å²) in [5.74, 6) is 2.44. The fourth-order valence-corrected chi connectivity index (χ4v) is 2.94. The Morgan fingerprint density at radius 2 is 1.64 bits per heavy atom. The summed E-state index contributed by atoms with van der Waals surface area (Å²) >= 11 is 0. The molecule has 14 heavy (non-hydrogen) atoms. The van der Waals surface area contributed by atoms with E-state index in [1.807, 2.05) is 30.3 Å². The highest BCUT2D eigenvalue weighted by Crippen LogP contribution is 2.57. The van der Waals surface area contributed by atoms with Crippen LogP contribution >= 0.6 is 0 Å². The van der Waals surface area contributed by atoms with E-state index in [0.717, 1.165) is 17.4 Å². The molecule has 1 aromatic carbocycles. The average Bonchev–Trinajstić information content (AvgIpc) is 2.86. The third-order valence-electron chi connectivity index (χ3n) is 3.87. The van der Waals surface area contributed by atoms with Crippen LogP contribution in [-0.4, -0.2) is 5.11 Å². The van der Waals surface area contributed by atoms with E-state index >= 15 is 0 Å². The van der Waals surface area contributed by atoms with Crippen molar-refractivity contribution < 1.29 is 5.11 Å². The number of hydrogen-bond acceptors (Lipinski definition) is 1. The molecule has 3 atom stereocenters. The zero-order chi connectivity index (χ0) is 9.54. The molecule has 0 spiro atoms. The molecule has 0 radical (unpaired) electrons. The van der Waals surface area contributed by atoms with Gasteiger partial charge in [-0.25, -0.2) is 0 Å². The molecule has 0 aromatic heterocycles. The quantitative estimate of drug-likeness (QED) is 0.756. The summed E-state index contributed by atoms with van der Waals surface area (Å²) in [5.41, 5.74) is 1.10. The van der Waals surface area contributed by atoms with Crippen LogP contribution in [0.15, 0.2) is 30.3 Å². The number of benzene rings is 1. The van der Waals surface area contributed by atoms with Crippen LogP contribution in [0.2, 0.25) is 0 Å². The van der Waals surface area contributed by atoms with Crippen LogP contribution in [0.1, 0.15) is 30.9 Å². The predicted molar refractivity (Wildman–Crippen MR) is 55.7 cm³/mol. The van der Waals surface area contributed by atoms with Gasteiger partial charge >= 0.3 is 0 Å². The largest absolute Gasteiger partial charge is 0.388 e. The molecule has 0 heterocycles. The standard InChI is InChI=1S/C13H16O/c14-13(9-4-2-1-3-5-9)12-7-10-6-11(10)8-12/h1-5,10-14H,6-8H2. The SMILES string of the molecule is OC(c1ccccc1)C1CC2CC2C1. The topological polar surface area (TPSA) is 20.2 Å². The summed E-state index contributed by atoms with van der Waals surface area (Å²) in [4.78, 5) is 0. The smallest absolute Gasteiger partial charge is 0.0818 e. The van der Waals surface area contributed by atoms with Gasteiger partial charge in [0.05, 0.1) is 6.10 Å². The van der Waals surface area contributed by atoms with Crippen molar-refractivity contribution in [2.24, 2.45) is 17.8 Å². The molecule has 1 nitrogen and oxygen atoms in total. The monoisotopic (exact) mass is 188 g/mol. The molecule has 3 rings (SSSR count). The van der Waals surface area contributed by atoms with E-state index in [1.54, 1.807) is 0 Å². The van der Waals surface area contributed by atoms with Crippen molar-refractivity contribution in [1.29, 1.82) is 0 Å². The van der Waals surface area contributed by atoms with Crippen LogP contribution in [0.4, 0.5) is 0 Å². The molecule has 74 valence electrons. The molecule has 0 amide bonds. The van der Waals surface area contributed by atoms with Gasteiger partial charge in [0, 0.05) is 0 Å². The molecule has 2 aliphatic carbocycles. The van der Waals surface area contributed by atoms with E-state index in [0.29, 0.717) is 5.92 Å². The molecule has 2 saturated carbocycles. The van der Waals surface area contributed by atoms with Gasteiger partial charge in [0.25, 0.3) is 0 Å². The second kappa shape index (κ2) is 3.09. The molecule has 2 aliphatic rings. The lowest BCUT2D eigenvalue weighted by molar-refractivity contribution is 0.104. The zero-order valence-electron chi connectivity index (χ0n) is 8.26. The maximum Gasteiger partial charge on any atom is 0.0818 e. The molecular weight excluding hydrogens is 172 g/mol. The maximum absolute atomic E-state index is 10.2. The molecule has 0 aliphatic heterocycles. The van der Waals surface area contributed by atoms with E-state index in [1.165, 1.54) is 19.3 Å². The van der Waals surface area contributed by atoms with E-state index in [2.05, 4.69) is 0 Å². The van der Waals surface area contributed by atoms with Crippen LogP contribution in [0.3, 0.4) is 0 Å². The van der Waals surface area contributed by atoms with Gasteiger partial charge in [-0.1, -0.05) is 30.3 Å². The normalized spacial score (nSPS) is 36.5. The Kier molecular flexibility index (Phi) is 1.88. The Morgan fingerprint density at radius 1 is 1.00 bits per heavy atom. The first-order chi connectivity index (χ1) is 6.84. The number of fused-ring (bicyclic) bond motifs is 1. The first kappa shape index (κ1) is 8.49. The highest BCUT2D eigenvalue weighted by molar-refractivity contribution is 5.19. The summed E-state index contributed by atoms with van der Waals surface area (Å²) in [6.45, 7) is 0. The van der Waals surface area contributed by atoms with Gasteiger partial charge in [0.1, 0.15) is 0 Å². The van der Waals surface area contributed by atoms with Crippen molar-refractivity contribution in [1.82, 2.24) is 0 Å². The van der Waals surface area contributed by atoms with Gasteiger partial charge in [0.15, 0.2) is 0 Å². The second-order valence-electron chi connectivity index (χ2n) is 4.84. The summed E-state index contributed by atoms with van der Waals surface area (Å²) in [5, 5.41) is 10.2.